The first-order valence-corrected chi connectivity index (χ1v) is 6.81. The van der Waals surface area contributed by atoms with Gasteiger partial charge in [0.1, 0.15) is 5.82 Å². The van der Waals surface area contributed by atoms with Gasteiger partial charge in [-0.1, -0.05) is 12.1 Å². The summed E-state index contributed by atoms with van der Waals surface area (Å²) < 4.78 is 39.6. The molecule has 0 spiro atoms. The number of imidazole rings is 1. The van der Waals surface area contributed by atoms with Gasteiger partial charge in [0.15, 0.2) is 0 Å². The zero-order chi connectivity index (χ0) is 15.3. The van der Waals surface area contributed by atoms with Crippen molar-refractivity contribution in [2.75, 3.05) is 13.6 Å². The lowest BCUT2D eigenvalue weighted by atomic mass is 10.1. The molecule has 0 bridgehead atoms. The fourth-order valence-corrected chi connectivity index (χ4v) is 2.13. The van der Waals surface area contributed by atoms with Crippen molar-refractivity contribution >= 4 is 0 Å². The summed E-state index contributed by atoms with van der Waals surface area (Å²) in [5.41, 5.74) is 0.202. The highest BCUT2D eigenvalue weighted by atomic mass is 19.4. The van der Waals surface area contributed by atoms with E-state index in [1.165, 1.54) is 12.1 Å². The summed E-state index contributed by atoms with van der Waals surface area (Å²) in [6.45, 7) is 1.76. The Balaban J connectivity index is 2.03. The minimum absolute atomic E-state index is 0.532. The lowest BCUT2D eigenvalue weighted by Crippen LogP contribution is -2.12. The maximum absolute atomic E-state index is 12.5. The van der Waals surface area contributed by atoms with Crippen LogP contribution < -0.4 is 5.32 Å². The van der Waals surface area contributed by atoms with E-state index in [0.29, 0.717) is 6.42 Å². The molecular weight excluding hydrogens is 279 g/mol. The number of rotatable bonds is 6. The predicted octanol–water partition coefficient (Wildman–Crippen LogP) is 3.10. The second-order valence-corrected chi connectivity index (χ2v) is 4.87. The van der Waals surface area contributed by atoms with Gasteiger partial charge in [0, 0.05) is 25.4 Å². The summed E-state index contributed by atoms with van der Waals surface area (Å²) in [7, 11) is 1.90. The Hall–Kier alpha value is -1.82. The third-order valence-corrected chi connectivity index (χ3v) is 3.27. The molecule has 1 heterocycles. The molecule has 2 rings (SSSR count). The van der Waals surface area contributed by atoms with Crippen LogP contribution >= 0.6 is 0 Å². The first-order valence-electron chi connectivity index (χ1n) is 6.81. The highest BCUT2D eigenvalue weighted by Gasteiger charge is 2.29. The molecule has 0 aliphatic carbocycles. The van der Waals surface area contributed by atoms with E-state index in [-0.39, 0.29) is 0 Å². The van der Waals surface area contributed by atoms with Gasteiger partial charge in [0.25, 0.3) is 0 Å². The highest BCUT2D eigenvalue weighted by molar-refractivity contribution is 5.26. The number of aromatic nitrogens is 2. The van der Waals surface area contributed by atoms with Gasteiger partial charge in [0.05, 0.1) is 5.56 Å². The second-order valence-electron chi connectivity index (χ2n) is 4.87. The lowest BCUT2D eigenvalue weighted by molar-refractivity contribution is -0.137. The zero-order valence-corrected chi connectivity index (χ0v) is 11.8. The predicted molar refractivity (Wildman–Crippen MR) is 75.0 cm³/mol. The molecule has 6 heteroatoms. The number of halogens is 3. The van der Waals surface area contributed by atoms with E-state index in [1.807, 2.05) is 17.8 Å². The van der Waals surface area contributed by atoms with Crippen molar-refractivity contribution in [2.45, 2.75) is 25.6 Å². The molecule has 0 saturated carbocycles. The molecule has 1 aromatic carbocycles. The molecule has 0 radical (unpaired) electrons. The molecule has 0 atom stereocenters. The first-order chi connectivity index (χ1) is 10.0. The summed E-state index contributed by atoms with van der Waals surface area (Å²) in [6.07, 6.45) is 0.843. The van der Waals surface area contributed by atoms with Crippen LogP contribution in [0.25, 0.3) is 0 Å². The van der Waals surface area contributed by atoms with Crippen LogP contribution in [-0.4, -0.2) is 23.1 Å². The number of aryl methyl sites for hydroxylation is 1. The number of alkyl halides is 3. The number of hydrogen-bond donors (Lipinski definition) is 1. The van der Waals surface area contributed by atoms with Crippen molar-refractivity contribution in [3.05, 3.63) is 53.6 Å². The Morgan fingerprint density at radius 2 is 1.90 bits per heavy atom. The molecule has 21 heavy (non-hydrogen) atoms. The average Bonchev–Trinajstić information content (AvgIpc) is 2.86. The molecular formula is C15H18F3N3. The maximum Gasteiger partial charge on any atom is 0.416 e. The number of nitrogens with zero attached hydrogens (tertiary/aromatic N) is 2. The second kappa shape index (κ2) is 6.76. The molecule has 1 aromatic heterocycles. The molecule has 0 unspecified atom stereocenters. The van der Waals surface area contributed by atoms with Gasteiger partial charge in [-0.25, -0.2) is 4.98 Å². The summed E-state index contributed by atoms with van der Waals surface area (Å²) in [6, 6.07) is 5.25. The van der Waals surface area contributed by atoms with Gasteiger partial charge in [-0.3, -0.25) is 0 Å². The molecule has 0 amide bonds. The topological polar surface area (TPSA) is 29.9 Å². The van der Waals surface area contributed by atoms with Gasteiger partial charge in [-0.15, -0.1) is 0 Å². The minimum atomic E-state index is -4.29. The number of benzene rings is 1. The van der Waals surface area contributed by atoms with Crippen LogP contribution in [0.15, 0.2) is 36.7 Å². The van der Waals surface area contributed by atoms with Crippen molar-refractivity contribution < 1.29 is 13.2 Å². The quantitative estimate of drug-likeness (QED) is 0.830. The lowest BCUT2D eigenvalue weighted by Gasteiger charge is -2.09. The monoisotopic (exact) mass is 297 g/mol. The normalized spacial score (nSPS) is 11.8. The van der Waals surface area contributed by atoms with Gasteiger partial charge in [0.2, 0.25) is 0 Å². The Bertz CT molecular complexity index is 558. The molecule has 114 valence electrons. The highest BCUT2D eigenvalue weighted by Crippen LogP contribution is 2.29. The van der Waals surface area contributed by atoms with Gasteiger partial charge in [-0.2, -0.15) is 13.2 Å². The van der Waals surface area contributed by atoms with Crippen LogP contribution in [0.4, 0.5) is 13.2 Å². The number of hydrogen-bond acceptors (Lipinski definition) is 2. The molecule has 0 fully saturated rings. The van der Waals surface area contributed by atoms with E-state index < -0.39 is 11.7 Å². The summed E-state index contributed by atoms with van der Waals surface area (Å²) >= 11 is 0. The van der Waals surface area contributed by atoms with E-state index in [1.54, 1.807) is 6.20 Å². The van der Waals surface area contributed by atoms with Crippen molar-refractivity contribution in [3.8, 4) is 0 Å². The zero-order valence-electron chi connectivity index (χ0n) is 11.8. The molecule has 0 aliphatic rings. The van der Waals surface area contributed by atoms with Gasteiger partial charge >= 0.3 is 6.18 Å². The Morgan fingerprint density at radius 1 is 1.19 bits per heavy atom. The van der Waals surface area contributed by atoms with E-state index in [9.17, 15) is 13.2 Å². The largest absolute Gasteiger partial charge is 0.416 e. The molecule has 3 nitrogen and oxygen atoms in total. The Kier molecular flexibility index (Phi) is 5.01. The van der Waals surface area contributed by atoms with Crippen molar-refractivity contribution in [1.82, 2.24) is 14.9 Å². The van der Waals surface area contributed by atoms with Crippen molar-refractivity contribution in [1.29, 1.82) is 0 Å². The summed E-state index contributed by atoms with van der Waals surface area (Å²) in [4.78, 5) is 4.28. The van der Waals surface area contributed by atoms with Crippen molar-refractivity contribution in [2.24, 2.45) is 0 Å². The van der Waals surface area contributed by atoms with Crippen LogP contribution in [-0.2, 0) is 19.1 Å². The Morgan fingerprint density at radius 3 is 2.52 bits per heavy atom. The fraction of sp³-hybridized carbons (Fsp3) is 0.400. The summed E-state index contributed by atoms with van der Waals surface area (Å²) in [5.74, 6) is 0.867. The van der Waals surface area contributed by atoms with Gasteiger partial charge in [-0.05, 0) is 37.7 Å². The SMILES string of the molecule is CNCCCn1ccnc1Cc1ccc(C(F)(F)F)cc1. The van der Waals surface area contributed by atoms with E-state index in [4.69, 9.17) is 0 Å². The average molecular weight is 297 g/mol. The van der Waals surface area contributed by atoms with Crippen LogP contribution in [0.5, 0.6) is 0 Å². The van der Waals surface area contributed by atoms with Crippen LogP contribution in [0.1, 0.15) is 23.4 Å². The van der Waals surface area contributed by atoms with Crippen LogP contribution in [0, 0.1) is 0 Å². The van der Waals surface area contributed by atoms with E-state index in [0.717, 1.165) is 43.0 Å². The maximum atomic E-state index is 12.5. The third kappa shape index (κ3) is 4.32. The smallest absolute Gasteiger partial charge is 0.335 e. The third-order valence-electron chi connectivity index (χ3n) is 3.27. The van der Waals surface area contributed by atoms with Crippen LogP contribution in [0.3, 0.4) is 0 Å². The Labute approximate surface area is 121 Å². The minimum Gasteiger partial charge on any atom is -0.335 e. The van der Waals surface area contributed by atoms with Crippen molar-refractivity contribution in [3.63, 3.8) is 0 Å². The van der Waals surface area contributed by atoms with E-state index >= 15 is 0 Å². The fourth-order valence-electron chi connectivity index (χ4n) is 2.13. The van der Waals surface area contributed by atoms with E-state index in [2.05, 4.69) is 10.3 Å². The molecule has 1 N–H and O–H groups in total. The molecule has 0 aliphatic heterocycles. The first kappa shape index (κ1) is 15.6. The molecule has 0 saturated heterocycles. The van der Waals surface area contributed by atoms with Gasteiger partial charge < -0.3 is 9.88 Å². The van der Waals surface area contributed by atoms with Crippen LogP contribution in [0.2, 0.25) is 0 Å². The number of nitrogens with one attached hydrogen (secondary N) is 1. The summed E-state index contributed by atoms with van der Waals surface area (Å²) in [5, 5.41) is 3.08. The standard InChI is InChI=1S/C15H18F3N3/c1-19-7-2-9-21-10-8-20-14(21)11-12-3-5-13(6-4-12)15(16,17)18/h3-6,8,10,19H,2,7,9,11H2,1H3. The molecule has 2 aromatic rings.